The van der Waals surface area contributed by atoms with Crippen LogP contribution in [0.1, 0.15) is 38.1 Å². The van der Waals surface area contributed by atoms with E-state index in [9.17, 15) is 14.4 Å². The number of amides is 2. The zero-order valence-electron chi connectivity index (χ0n) is 15.9. The van der Waals surface area contributed by atoms with Crippen molar-refractivity contribution in [2.45, 2.75) is 6.04 Å². The van der Waals surface area contributed by atoms with Crippen LogP contribution in [-0.2, 0) is 0 Å². The minimum absolute atomic E-state index is 0.200. The van der Waals surface area contributed by atoms with Gasteiger partial charge >= 0.3 is 0 Å². The number of hydrogen-bond donors (Lipinski definition) is 4. The first-order chi connectivity index (χ1) is 14.6. The normalized spacial score (nSPS) is 10.6. The number of carbonyl (C=O) groups excluding carboxylic acids is 2. The monoisotopic (exact) mass is 424 g/mol. The SMILES string of the molecule is O=C(NCCSO)c1ncc(C(=O)NC(c2ccccc2)c2ccccc2)c(=O)[nH]1. The number of nitrogens with one attached hydrogen (secondary N) is 3. The predicted octanol–water partition coefficient (Wildman–Crippen LogP) is 2.23. The molecule has 0 unspecified atom stereocenters. The maximum Gasteiger partial charge on any atom is 0.287 e. The van der Waals surface area contributed by atoms with E-state index in [1.165, 1.54) is 0 Å². The van der Waals surface area contributed by atoms with Gasteiger partial charge in [0.25, 0.3) is 17.4 Å². The summed E-state index contributed by atoms with van der Waals surface area (Å²) >= 11 is 0.590. The highest BCUT2D eigenvalue weighted by Crippen LogP contribution is 2.22. The summed E-state index contributed by atoms with van der Waals surface area (Å²) in [5.41, 5.74) is 0.803. The van der Waals surface area contributed by atoms with Crippen molar-refractivity contribution >= 4 is 23.9 Å². The number of hydrogen-bond acceptors (Lipinski definition) is 6. The predicted molar refractivity (Wildman–Crippen MR) is 114 cm³/mol. The van der Waals surface area contributed by atoms with Gasteiger partial charge < -0.3 is 20.2 Å². The Morgan fingerprint density at radius 2 is 1.60 bits per heavy atom. The van der Waals surface area contributed by atoms with Crippen molar-refractivity contribution in [1.82, 2.24) is 20.6 Å². The van der Waals surface area contributed by atoms with Crippen molar-refractivity contribution in [3.8, 4) is 0 Å². The lowest BCUT2D eigenvalue weighted by Gasteiger charge is -2.19. The summed E-state index contributed by atoms with van der Waals surface area (Å²) in [5, 5.41) is 5.37. The van der Waals surface area contributed by atoms with Gasteiger partial charge in [-0.1, -0.05) is 60.7 Å². The number of carbonyl (C=O) groups is 2. The summed E-state index contributed by atoms with van der Waals surface area (Å²) in [5.74, 6) is -1.11. The quantitative estimate of drug-likeness (QED) is 0.325. The number of nitrogens with zero attached hydrogens (tertiary/aromatic N) is 1. The first-order valence-corrected chi connectivity index (χ1v) is 10.1. The summed E-state index contributed by atoms with van der Waals surface area (Å²) in [6, 6.07) is 18.3. The second-order valence-corrected chi connectivity index (χ2v) is 6.96. The van der Waals surface area contributed by atoms with Crippen molar-refractivity contribution in [2.24, 2.45) is 0 Å². The Labute approximate surface area is 177 Å². The third kappa shape index (κ3) is 5.34. The molecule has 0 aliphatic rings. The van der Waals surface area contributed by atoms with Crippen molar-refractivity contribution in [3.63, 3.8) is 0 Å². The highest BCUT2D eigenvalue weighted by atomic mass is 32.2. The first kappa shape index (κ1) is 21.3. The first-order valence-electron chi connectivity index (χ1n) is 9.15. The van der Waals surface area contributed by atoms with Crippen LogP contribution in [0.15, 0.2) is 71.7 Å². The van der Waals surface area contributed by atoms with E-state index in [-0.39, 0.29) is 17.9 Å². The Balaban J connectivity index is 1.81. The fourth-order valence-corrected chi connectivity index (χ4v) is 3.02. The maximum absolute atomic E-state index is 12.8. The summed E-state index contributed by atoms with van der Waals surface area (Å²) in [7, 11) is 0. The third-order valence-corrected chi connectivity index (χ3v) is 4.67. The van der Waals surface area contributed by atoms with Gasteiger partial charge in [-0.15, -0.1) is 0 Å². The molecule has 2 amide bonds. The zero-order valence-corrected chi connectivity index (χ0v) is 16.7. The third-order valence-electron chi connectivity index (χ3n) is 4.28. The topological polar surface area (TPSA) is 124 Å². The smallest absolute Gasteiger partial charge is 0.287 e. The molecule has 0 saturated carbocycles. The fraction of sp³-hybridized carbons (Fsp3) is 0.143. The van der Waals surface area contributed by atoms with Gasteiger partial charge in [-0.3, -0.25) is 14.4 Å². The van der Waals surface area contributed by atoms with E-state index in [4.69, 9.17) is 4.55 Å². The Bertz CT molecular complexity index is 1020. The molecule has 30 heavy (non-hydrogen) atoms. The van der Waals surface area contributed by atoms with E-state index in [2.05, 4.69) is 20.6 Å². The lowest BCUT2D eigenvalue weighted by molar-refractivity contribution is 0.0927. The molecule has 1 heterocycles. The van der Waals surface area contributed by atoms with Crippen LogP contribution in [0.5, 0.6) is 0 Å². The molecule has 3 rings (SSSR count). The average molecular weight is 424 g/mol. The summed E-state index contributed by atoms with van der Waals surface area (Å²) in [6.45, 7) is 0.210. The molecule has 154 valence electrons. The molecule has 9 heteroatoms. The van der Waals surface area contributed by atoms with Crippen LogP contribution < -0.4 is 16.2 Å². The van der Waals surface area contributed by atoms with Crippen LogP contribution >= 0.6 is 12.0 Å². The van der Waals surface area contributed by atoms with E-state index < -0.39 is 23.4 Å². The van der Waals surface area contributed by atoms with Crippen molar-refractivity contribution in [1.29, 1.82) is 0 Å². The molecule has 8 nitrogen and oxygen atoms in total. The molecule has 0 spiro atoms. The maximum atomic E-state index is 12.8. The molecule has 0 saturated heterocycles. The number of benzene rings is 2. The van der Waals surface area contributed by atoms with Crippen molar-refractivity contribution < 1.29 is 14.1 Å². The van der Waals surface area contributed by atoms with Crippen LogP contribution in [-0.4, -0.2) is 38.6 Å². The summed E-state index contributed by atoms with van der Waals surface area (Å²) in [6.07, 6.45) is 1.08. The molecule has 0 aliphatic heterocycles. The van der Waals surface area contributed by atoms with Crippen molar-refractivity contribution in [3.05, 3.63) is 99.7 Å². The highest BCUT2D eigenvalue weighted by Gasteiger charge is 2.20. The highest BCUT2D eigenvalue weighted by molar-refractivity contribution is 7.93. The van der Waals surface area contributed by atoms with Crippen LogP contribution in [0.3, 0.4) is 0 Å². The molecule has 0 fully saturated rings. The standard InChI is InChI=1S/C21H20N4O4S/c26-19(16-13-23-18(25-20(16)27)21(28)22-11-12-30-29)24-17(14-7-3-1-4-8-14)15-9-5-2-6-10-15/h1-10,13,17,29H,11-12H2,(H,22,28)(H,24,26)(H,23,25,27). The van der Waals surface area contributed by atoms with E-state index in [0.29, 0.717) is 17.8 Å². The van der Waals surface area contributed by atoms with E-state index in [1.807, 2.05) is 60.7 Å². The molecule has 3 aromatic rings. The minimum atomic E-state index is -0.718. The molecule has 0 radical (unpaired) electrons. The van der Waals surface area contributed by atoms with Crippen LogP contribution in [0.2, 0.25) is 0 Å². The van der Waals surface area contributed by atoms with Gasteiger partial charge in [0, 0.05) is 18.5 Å². The molecular weight excluding hydrogens is 404 g/mol. The number of H-pyrrole nitrogens is 1. The number of rotatable bonds is 8. The van der Waals surface area contributed by atoms with Gasteiger partial charge in [0.15, 0.2) is 5.82 Å². The van der Waals surface area contributed by atoms with Gasteiger partial charge in [0.2, 0.25) is 0 Å². The van der Waals surface area contributed by atoms with E-state index in [1.54, 1.807) is 0 Å². The van der Waals surface area contributed by atoms with Crippen molar-refractivity contribution in [2.75, 3.05) is 12.3 Å². The molecule has 0 atom stereocenters. The molecule has 4 N–H and O–H groups in total. The summed E-state index contributed by atoms with van der Waals surface area (Å²) in [4.78, 5) is 43.4. The van der Waals surface area contributed by atoms with E-state index >= 15 is 0 Å². The Morgan fingerprint density at radius 3 is 2.13 bits per heavy atom. The Hall–Kier alpha value is -3.43. The lowest BCUT2D eigenvalue weighted by atomic mass is 9.98. The number of aromatic amines is 1. The van der Waals surface area contributed by atoms with Gasteiger partial charge in [-0.2, -0.15) is 0 Å². The van der Waals surface area contributed by atoms with Crippen LogP contribution in [0, 0.1) is 0 Å². The molecule has 0 bridgehead atoms. The molecular formula is C21H20N4O4S. The van der Waals surface area contributed by atoms with Crippen LogP contribution in [0.25, 0.3) is 0 Å². The Morgan fingerprint density at radius 1 is 1.00 bits per heavy atom. The number of aromatic nitrogens is 2. The molecule has 0 aliphatic carbocycles. The van der Waals surface area contributed by atoms with Crippen LogP contribution in [0.4, 0.5) is 0 Å². The molecule has 2 aromatic carbocycles. The minimum Gasteiger partial charge on any atom is -0.348 e. The second-order valence-electron chi connectivity index (χ2n) is 6.29. The largest absolute Gasteiger partial charge is 0.348 e. The van der Waals surface area contributed by atoms with Gasteiger partial charge in [0.1, 0.15) is 5.56 Å². The fourth-order valence-electron chi connectivity index (χ4n) is 2.82. The summed E-state index contributed by atoms with van der Waals surface area (Å²) < 4.78 is 8.68. The Kier molecular flexibility index (Phi) is 7.36. The van der Waals surface area contributed by atoms with Gasteiger partial charge in [-0.25, -0.2) is 4.98 Å². The van der Waals surface area contributed by atoms with E-state index in [0.717, 1.165) is 17.3 Å². The average Bonchev–Trinajstić information content (AvgIpc) is 2.78. The van der Waals surface area contributed by atoms with Gasteiger partial charge in [0.05, 0.1) is 6.04 Å². The second kappa shape index (κ2) is 10.4. The zero-order chi connectivity index (χ0) is 21.3. The van der Waals surface area contributed by atoms with Gasteiger partial charge in [-0.05, 0) is 23.2 Å². The lowest BCUT2D eigenvalue weighted by Crippen LogP contribution is -2.35. The molecule has 1 aromatic heterocycles.